The van der Waals surface area contributed by atoms with E-state index in [2.05, 4.69) is 10.1 Å². The van der Waals surface area contributed by atoms with E-state index in [1.807, 2.05) is 26.3 Å². The largest absolute Gasteiger partial charge is 0.322 e. The molecule has 0 radical (unpaired) electrons. The summed E-state index contributed by atoms with van der Waals surface area (Å²) in [6.45, 7) is 3.92. The number of nitrogens with two attached hydrogens (primary N) is 1. The molecule has 0 bridgehead atoms. The molecule has 0 saturated carbocycles. The van der Waals surface area contributed by atoms with Crippen LogP contribution in [0.2, 0.25) is 5.15 Å². The Morgan fingerprint density at radius 2 is 2.24 bits per heavy atom. The first-order valence-electron chi connectivity index (χ1n) is 5.34. The van der Waals surface area contributed by atoms with E-state index >= 15 is 0 Å². The Bertz CT molecular complexity index is 532. The molecule has 0 saturated heterocycles. The lowest BCUT2D eigenvalue weighted by Gasteiger charge is -2.08. The van der Waals surface area contributed by atoms with Gasteiger partial charge in [-0.05, 0) is 20.3 Å². The fourth-order valence-corrected chi connectivity index (χ4v) is 2.71. The lowest BCUT2D eigenvalue weighted by molar-refractivity contribution is 0.697. The highest BCUT2D eigenvalue weighted by Crippen LogP contribution is 2.25. The van der Waals surface area contributed by atoms with E-state index in [1.54, 1.807) is 16.0 Å². The zero-order valence-corrected chi connectivity index (χ0v) is 11.6. The molecule has 2 N–H and O–H groups in total. The smallest absolute Gasteiger partial charge is 0.130 e. The summed E-state index contributed by atoms with van der Waals surface area (Å²) in [5, 5.41) is 7.96. The summed E-state index contributed by atoms with van der Waals surface area (Å²) < 4.78 is 1.67. The topological polar surface area (TPSA) is 56.7 Å². The first-order valence-corrected chi connectivity index (χ1v) is 6.60. The molecule has 4 nitrogen and oxygen atoms in total. The second-order valence-corrected chi connectivity index (χ2v) is 5.50. The van der Waals surface area contributed by atoms with Gasteiger partial charge < -0.3 is 5.73 Å². The zero-order valence-electron chi connectivity index (χ0n) is 10.1. The van der Waals surface area contributed by atoms with Crippen molar-refractivity contribution in [3.8, 4) is 0 Å². The number of aromatic nitrogens is 3. The maximum atomic E-state index is 6.18. The molecule has 0 aliphatic carbocycles. The molecular formula is C11H15ClN4S. The lowest BCUT2D eigenvalue weighted by atomic mass is 10.1. The maximum Gasteiger partial charge on any atom is 0.130 e. The monoisotopic (exact) mass is 270 g/mol. The molecule has 17 heavy (non-hydrogen) atoms. The van der Waals surface area contributed by atoms with Gasteiger partial charge in [0.05, 0.1) is 22.4 Å². The van der Waals surface area contributed by atoms with Crippen molar-refractivity contribution < 1.29 is 0 Å². The number of thiazole rings is 1. The van der Waals surface area contributed by atoms with Crippen molar-refractivity contribution in [2.24, 2.45) is 12.8 Å². The van der Waals surface area contributed by atoms with Crippen molar-refractivity contribution in [1.82, 2.24) is 14.8 Å². The molecule has 0 amide bonds. The van der Waals surface area contributed by atoms with E-state index in [-0.39, 0.29) is 6.04 Å². The third kappa shape index (κ3) is 2.51. The van der Waals surface area contributed by atoms with Gasteiger partial charge in [0.2, 0.25) is 0 Å². The van der Waals surface area contributed by atoms with Crippen LogP contribution in [0, 0.1) is 13.8 Å². The van der Waals surface area contributed by atoms with Gasteiger partial charge in [0.1, 0.15) is 5.15 Å². The van der Waals surface area contributed by atoms with Crippen molar-refractivity contribution in [3.63, 3.8) is 0 Å². The lowest BCUT2D eigenvalue weighted by Crippen LogP contribution is -2.14. The Kier molecular flexibility index (Phi) is 3.51. The molecule has 1 atom stereocenters. The second kappa shape index (κ2) is 4.76. The Labute approximate surface area is 109 Å². The van der Waals surface area contributed by atoms with Gasteiger partial charge in [-0.3, -0.25) is 4.68 Å². The average molecular weight is 271 g/mol. The van der Waals surface area contributed by atoms with Gasteiger partial charge in [-0.15, -0.1) is 11.3 Å². The van der Waals surface area contributed by atoms with Crippen molar-refractivity contribution in [2.75, 3.05) is 0 Å². The van der Waals surface area contributed by atoms with Crippen LogP contribution in [0.3, 0.4) is 0 Å². The molecule has 0 aromatic carbocycles. The van der Waals surface area contributed by atoms with Gasteiger partial charge >= 0.3 is 0 Å². The summed E-state index contributed by atoms with van der Waals surface area (Å²) in [5.74, 6) is 0. The summed E-state index contributed by atoms with van der Waals surface area (Å²) in [7, 11) is 1.83. The van der Waals surface area contributed by atoms with Crippen molar-refractivity contribution in [1.29, 1.82) is 0 Å². The van der Waals surface area contributed by atoms with Gasteiger partial charge in [-0.25, -0.2) is 4.98 Å². The summed E-state index contributed by atoms with van der Waals surface area (Å²) in [6, 6.07) is -0.125. The van der Waals surface area contributed by atoms with Crippen LogP contribution in [0.5, 0.6) is 0 Å². The molecule has 2 aromatic heterocycles. The number of hydrogen-bond donors (Lipinski definition) is 1. The highest BCUT2D eigenvalue weighted by atomic mass is 35.5. The second-order valence-electron chi connectivity index (χ2n) is 4.08. The van der Waals surface area contributed by atoms with Gasteiger partial charge in [0.15, 0.2) is 0 Å². The first-order chi connectivity index (χ1) is 7.99. The minimum atomic E-state index is -0.125. The van der Waals surface area contributed by atoms with E-state index in [0.29, 0.717) is 11.6 Å². The molecule has 2 heterocycles. The quantitative estimate of drug-likeness (QED) is 0.932. The van der Waals surface area contributed by atoms with Crippen LogP contribution in [-0.2, 0) is 13.5 Å². The minimum absolute atomic E-state index is 0.125. The number of hydrogen-bond acceptors (Lipinski definition) is 4. The first kappa shape index (κ1) is 12.5. The Balaban J connectivity index is 2.21. The molecule has 2 rings (SSSR count). The number of aryl methyl sites for hydroxylation is 3. The standard InChI is InChI=1S/C11H15ClN4S/c1-6-8(11(12)16(3)15-6)4-9(13)10-5-17-7(2)14-10/h5,9H,4,13H2,1-3H3. The maximum absolute atomic E-state index is 6.18. The van der Waals surface area contributed by atoms with E-state index in [0.717, 1.165) is 22.0 Å². The van der Waals surface area contributed by atoms with Crippen LogP contribution in [0.15, 0.2) is 5.38 Å². The molecule has 92 valence electrons. The van der Waals surface area contributed by atoms with E-state index in [4.69, 9.17) is 17.3 Å². The van der Waals surface area contributed by atoms with Gasteiger partial charge in [0, 0.05) is 18.0 Å². The van der Waals surface area contributed by atoms with Crippen LogP contribution < -0.4 is 5.73 Å². The van der Waals surface area contributed by atoms with E-state index < -0.39 is 0 Å². The van der Waals surface area contributed by atoms with Crippen molar-refractivity contribution in [3.05, 3.63) is 32.5 Å². The van der Waals surface area contributed by atoms with Gasteiger partial charge in [-0.1, -0.05) is 11.6 Å². The Hall–Kier alpha value is -0.910. The predicted octanol–water partition coefficient (Wildman–Crippen LogP) is 2.39. The summed E-state index contributed by atoms with van der Waals surface area (Å²) >= 11 is 7.79. The fraction of sp³-hybridized carbons (Fsp3) is 0.455. The highest BCUT2D eigenvalue weighted by Gasteiger charge is 2.17. The van der Waals surface area contributed by atoms with Crippen molar-refractivity contribution >= 4 is 22.9 Å². The van der Waals surface area contributed by atoms with Crippen LogP contribution in [-0.4, -0.2) is 14.8 Å². The molecular weight excluding hydrogens is 256 g/mol. The third-order valence-electron chi connectivity index (χ3n) is 2.71. The molecule has 6 heteroatoms. The SMILES string of the molecule is Cc1nc(C(N)Cc2c(C)nn(C)c2Cl)cs1. The van der Waals surface area contributed by atoms with Gasteiger partial charge in [0.25, 0.3) is 0 Å². The van der Waals surface area contributed by atoms with Crippen LogP contribution in [0.25, 0.3) is 0 Å². The zero-order chi connectivity index (χ0) is 12.6. The molecule has 2 aromatic rings. The number of rotatable bonds is 3. The predicted molar refractivity (Wildman–Crippen MR) is 70.4 cm³/mol. The highest BCUT2D eigenvalue weighted by molar-refractivity contribution is 7.09. The van der Waals surface area contributed by atoms with Crippen LogP contribution in [0.4, 0.5) is 0 Å². The summed E-state index contributed by atoms with van der Waals surface area (Å²) in [4.78, 5) is 4.40. The molecule has 1 unspecified atom stereocenters. The van der Waals surface area contributed by atoms with Gasteiger partial charge in [-0.2, -0.15) is 5.10 Å². The Morgan fingerprint density at radius 3 is 2.71 bits per heavy atom. The number of nitrogens with zero attached hydrogens (tertiary/aromatic N) is 3. The van der Waals surface area contributed by atoms with E-state index in [1.165, 1.54) is 0 Å². The minimum Gasteiger partial charge on any atom is -0.322 e. The third-order valence-corrected chi connectivity index (χ3v) is 3.98. The van der Waals surface area contributed by atoms with E-state index in [9.17, 15) is 0 Å². The molecule has 0 spiro atoms. The molecule has 0 fully saturated rings. The fourth-order valence-electron chi connectivity index (χ4n) is 1.78. The van der Waals surface area contributed by atoms with Crippen LogP contribution >= 0.6 is 22.9 Å². The molecule has 0 aliphatic heterocycles. The average Bonchev–Trinajstić information content (AvgIpc) is 2.79. The summed E-state index contributed by atoms with van der Waals surface area (Å²) in [6.07, 6.45) is 0.668. The van der Waals surface area contributed by atoms with Crippen LogP contribution in [0.1, 0.15) is 28.0 Å². The number of halogens is 1. The normalized spacial score (nSPS) is 13.0. The Morgan fingerprint density at radius 1 is 1.53 bits per heavy atom. The molecule has 0 aliphatic rings. The summed E-state index contributed by atoms with van der Waals surface area (Å²) in [5.41, 5.74) is 9.00. The van der Waals surface area contributed by atoms with Crippen molar-refractivity contribution in [2.45, 2.75) is 26.3 Å².